The molecule has 13 nitrogen and oxygen atoms in total. The number of rotatable bonds is 5. The molecule has 0 aromatic carbocycles. The molecule has 0 bridgehead atoms. The lowest BCUT2D eigenvalue weighted by Gasteiger charge is -2.65. The van der Waals surface area contributed by atoms with Crippen LogP contribution in [0.4, 0.5) is 0 Å². The van der Waals surface area contributed by atoms with Crippen molar-refractivity contribution in [3.8, 4) is 0 Å². The largest absolute Gasteiger partial charge is 0.431 e. The Morgan fingerprint density at radius 1 is 0.776 bits per heavy atom. The van der Waals surface area contributed by atoms with Crippen molar-refractivity contribution in [1.82, 2.24) is 0 Å². The van der Waals surface area contributed by atoms with Crippen molar-refractivity contribution >= 4 is 0 Å². The molecule has 49 heavy (non-hydrogen) atoms. The average Bonchev–Trinajstić information content (AvgIpc) is 3.35. The zero-order chi connectivity index (χ0) is 35.3. The first kappa shape index (κ1) is 35.6. The van der Waals surface area contributed by atoms with E-state index in [9.17, 15) is 40.5 Å². The Hall–Kier alpha value is -1.75. The van der Waals surface area contributed by atoms with E-state index in [0.29, 0.717) is 44.9 Å². The molecule has 0 spiro atoms. The number of aliphatic hydroxyl groups is 7. The van der Waals surface area contributed by atoms with Crippen LogP contribution < -0.4 is 5.63 Å². The molecular weight excluding hydrogens is 640 g/mol. The molecule has 2 saturated heterocycles. The van der Waals surface area contributed by atoms with Crippen LogP contribution in [0.2, 0.25) is 0 Å². The summed E-state index contributed by atoms with van der Waals surface area (Å²) in [6.07, 6.45) is -4.69. The van der Waals surface area contributed by atoms with Gasteiger partial charge in [0.05, 0.1) is 35.8 Å². The van der Waals surface area contributed by atoms with E-state index in [0.717, 1.165) is 17.6 Å². The van der Waals surface area contributed by atoms with Crippen molar-refractivity contribution < 1.29 is 59.1 Å². The Kier molecular flexibility index (Phi) is 9.05. The van der Waals surface area contributed by atoms with E-state index in [1.807, 2.05) is 0 Å². The van der Waals surface area contributed by atoms with Gasteiger partial charge in [0.25, 0.3) is 0 Å². The normalized spacial score (nSPS) is 52.9. The number of allylic oxidation sites excluding steroid dienone is 1. The van der Waals surface area contributed by atoms with Gasteiger partial charge in [-0.3, -0.25) is 0 Å². The van der Waals surface area contributed by atoms with Crippen LogP contribution in [0.25, 0.3) is 0 Å². The summed E-state index contributed by atoms with van der Waals surface area (Å²) < 4.78 is 28.7. The van der Waals surface area contributed by atoms with E-state index < -0.39 is 89.8 Å². The third-order valence-electron chi connectivity index (χ3n) is 13.7. The first-order valence-electron chi connectivity index (χ1n) is 17.8. The molecule has 13 heteroatoms. The Balaban J connectivity index is 1.04. The van der Waals surface area contributed by atoms with Crippen LogP contribution in [-0.4, -0.2) is 114 Å². The van der Waals surface area contributed by atoms with Gasteiger partial charge in [-0.15, -0.1) is 0 Å². The topological polar surface area (TPSA) is 209 Å². The predicted molar refractivity (Wildman–Crippen MR) is 171 cm³/mol. The molecule has 5 fully saturated rings. The van der Waals surface area contributed by atoms with E-state index in [-0.39, 0.29) is 17.3 Å². The first-order valence-corrected chi connectivity index (χ1v) is 17.8. The molecule has 6 aliphatic rings. The zero-order valence-electron chi connectivity index (χ0n) is 28.6. The Bertz CT molecular complexity index is 1460. The highest BCUT2D eigenvalue weighted by Gasteiger charge is 2.73. The van der Waals surface area contributed by atoms with E-state index in [1.54, 1.807) is 13.0 Å². The fourth-order valence-electron chi connectivity index (χ4n) is 10.7. The average molecular weight is 693 g/mol. The monoisotopic (exact) mass is 692 g/mol. The van der Waals surface area contributed by atoms with Gasteiger partial charge in [0.2, 0.25) is 0 Å². The second-order valence-electron chi connectivity index (χ2n) is 16.1. The number of ether oxygens (including phenoxy) is 4. The molecule has 2 aliphatic heterocycles. The summed E-state index contributed by atoms with van der Waals surface area (Å²) >= 11 is 0. The number of hydrogen-bond donors (Lipinski definition) is 7. The van der Waals surface area contributed by atoms with Crippen LogP contribution in [0.3, 0.4) is 0 Å². The van der Waals surface area contributed by atoms with E-state index in [1.165, 1.54) is 19.3 Å². The molecule has 7 N–H and O–H groups in total. The molecule has 3 heterocycles. The predicted octanol–water partition coefficient (Wildman–Crippen LogP) is 0.980. The Labute approximate surface area is 285 Å². The van der Waals surface area contributed by atoms with Crippen LogP contribution in [-0.2, 0) is 18.9 Å². The van der Waals surface area contributed by atoms with Gasteiger partial charge in [0, 0.05) is 11.5 Å². The third kappa shape index (κ3) is 5.34. The quantitative estimate of drug-likeness (QED) is 0.215. The molecule has 274 valence electrons. The first-order chi connectivity index (χ1) is 23.0. The molecule has 1 aromatic heterocycles. The van der Waals surface area contributed by atoms with Crippen LogP contribution >= 0.6 is 0 Å². The van der Waals surface area contributed by atoms with Gasteiger partial charge >= 0.3 is 5.63 Å². The van der Waals surface area contributed by atoms with Gasteiger partial charge in [-0.1, -0.05) is 25.5 Å². The van der Waals surface area contributed by atoms with Crippen molar-refractivity contribution in [3.63, 3.8) is 0 Å². The standard InChI is InChI=1S/C36H52O13/c1-17-25(38)26(39)28(41)32(46-17)49-30-18(2)47-31(29(42)27(30)40)48-21-8-11-33(3)20(15-21)7-13-35(43)23(33)10-12-34(4)22(9-14-36(34,35)44)19-5-6-24(37)45-16-19/h5-6,15-18,21-23,25-32,38-44H,7-14H2,1-4H3/t17-,18-,21+,22-,23+,25-,26+,27-,28+,29+,30-,31+,32-,33-,34+,35-,36+/m0/s1. The summed E-state index contributed by atoms with van der Waals surface area (Å²) in [7, 11) is 0. The summed E-state index contributed by atoms with van der Waals surface area (Å²) in [6, 6.07) is 3.19. The maximum atomic E-state index is 12.6. The van der Waals surface area contributed by atoms with Crippen LogP contribution in [0.5, 0.6) is 0 Å². The van der Waals surface area contributed by atoms with Gasteiger partial charge in [0.15, 0.2) is 12.6 Å². The highest BCUT2D eigenvalue weighted by atomic mass is 16.7. The van der Waals surface area contributed by atoms with Gasteiger partial charge in [-0.2, -0.15) is 0 Å². The molecule has 0 unspecified atom stereocenters. The Morgan fingerprint density at radius 2 is 1.47 bits per heavy atom. The molecule has 3 saturated carbocycles. The third-order valence-corrected chi connectivity index (χ3v) is 13.7. The van der Waals surface area contributed by atoms with Gasteiger partial charge in [0.1, 0.15) is 36.6 Å². The summed E-state index contributed by atoms with van der Waals surface area (Å²) in [5.74, 6) is -0.226. The molecule has 7 rings (SSSR count). The van der Waals surface area contributed by atoms with Gasteiger partial charge in [-0.25, -0.2) is 4.79 Å². The van der Waals surface area contributed by atoms with Crippen molar-refractivity contribution in [2.75, 3.05) is 0 Å². The number of hydrogen-bond acceptors (Lipinski definition) is 13. The van der Waals surface area contributed by atoms with Crippen molar-refractivity contribution in [2.45, 2.75) is 164 Å². The van der Waals surface area contributed by atoms with E-state index >= 15 is 0 Å². The van der Waals surface area contributed by atoms with Crippen molar-refractivity contribution in [3.05, 3.63) is 46.0 Å². The molecule has 0 radical (unpaired) electrons. The second kappa shape index (κ2) is 12.4. The summed E-state index contributed by atoms with van der Waals surface area (Å²) in [5.41, 5.74) is -1.99. The SMILES string of the molecule is C[C@@H]1O[C@@H](O[C@@H]2[C@@H](O)[C@@H](O)[C@@H](O[C@H]3C=C4CC[C@]5(O)[C@H](CC[C@]6(C)[C@H](c7ccc(=O)oc7)CC[C@@]65O)[C@@]4(C)CC3)O[C@H]2C)[C@H](O)[C@H](O)[C@H]1O. The van der Waals surface area contributed by atoms with E-state index in [4.69, 9.17) is 23.4 Å². The molecule has 1 aromatic rings. The number of aliphatic hydroxyl groups excluding tert-OH is 5. The summed E-state index contributed by atoms with van der Waals surface area (Å²) in [4.78, 5) is 11.6. The van der Waals surface area contributed by atoms with Crippen molar-refractivity contribution in [1.29, 1.82) is 0 Å². The second-order valence-corrected chi connectivity index (χ2v) is 16.1. The zero-order valence-corrected chi connectivity index (χ0v) is 28.6. The maximum Gasteiger partial charge on any atom is 0.335 e. The maximum absolute atomic E-state index is 12.6. The molecule has 17 atom stereocenters. The van der Waals surface area contributed by atoms with E-state index in [2.05, 4.69) is 19.9 Å². The minimum atomic E-state index is -1.57. The minimum Gasteiger partial charge on any atom is -0.431 e. The molecular formula is C36H52O13. The molecule has 0 amide bonds. The minimum absolute atomic E-state index is 0.0475. The van der Waals surface area contributed by atoms with Crippen LogP contribution in [0, 0.1) is 16.7 Å². The van der Waals surface area contributed by atoms with Crippen LogP contribution in [0.1, 0.15) is 90.5 Å². The summed E-state index contributed by atoms with van der Waals surface area (Å²) in [6.45, 7) is 7.41. The lowest BCUT2D eigenvalue weighted by atomic mass is 9.43. The highest BCUT2D eigenvalue weighted by Crippen LogP contribution is 2.71. The highest BCUT2D eigenvalue weighted by molar-refractivity contribution is 5.35. The lowest BCUT2D eigenvalue weighted by molar-refractivity contribution is -0.355. The van der Waals surface area contributed by atoms with Gasteiger partial charge in [-0.05, 0) is 94.1 Å². The lowest BCUT2D eigenvalue weighted by Crippen LogP contribution is -2.71. The smallest absolute Gasteiger partial charge is 0.335 e. The fourth-order valence-corrected chi connectivity index (χ4v) is 10.7. The number of fused-ring (bicyclic) bond motifs is 5. The fraction of sp³-hybridized carbons (Fsp3) is 0.806. The van der Waals surface area contributed by atoms with Crippen LogP contribution in [0.15, 0.2) is 39.3 Å². The molecule has 4 aliphatic carbocycles. The van der Waals surface area contributed by atoms with Crippen molar-refractivity contribution in [2.24, 2.45) is 16.7 Å². The summed E-state index contributed by atoms with van der Waals surface area (Å²) in [5, 5.41) is 77.8. The van der Waals surface area contributed by atoms with Gasteiger partial charge < -0.3 is 59.1 Å². The Morgan fingerprint density at radius 3 is 2.18 bits per heavy atom.